The van der Waals surface area contributed by atoms with Crippen LogP contribution in [0.25, 0.3) is 0 Å². The molecule has 1 saturated heterocycles. The van der Waals surface area contributed by atoms with Crippen LogP contribution in [0.5, 0.6) is 0 Å². The Kier molecular flexibility index (Phi) is 5.25. The first-order valence-electron chi connectivity index (χ1n) is 8.30. The van der Waals surface area contributed by atoms with Crippen molar-refractivity contribution in [3.63, 3.8) is 0 Å². The second-order valence-electron chi connectivity index (χ2n) is 6.22. The van der Waals surface area contributed by atoms with E-state index in [9.17, 15) is 9.18 Å². The van der Waals surface area contributed by atoms with E-state index in [-0.39, 0.29) is 17.8 Å². The highest BCUT2D eigenvalue weighted by atomic mass is 19.1. The SMILES string of the molecule is Cc1cc([C@@H]2CCCN2CC(=O)NCCc2ccc(F)cc2)no1. The van der Waals surface area contributed by atoms with Gasteiger partial charge in [-0.1, -0.05) is 17.3 Å². The number of aryl methyl sites for hydroxylation is 1. The van der Waals surface area contributed by atoms with Crippen molar-refractivity contribution in [3.8, 4) is 0 Å². The first-order valence-corrected chi connectivity index (χ1v) is 8.30. The summed E-state index contributed by atoms with van der Waals surface area (Å²) in [6.45, 7) is 3.67. The number of carbonyl (C=O) groups is 1. The van der Waals surface area contributed by atoms with Gasteiger partial charge in [0, 0.05) is 12.6 Å². The largest absolute Gasteiger partial charge is 0.361 e. The molecule has 1 aliphatic heterocycles. The van der Waals surface area contributed by atoms with E-state index in [0.717, 1.165) is 36.4 Å². The zero-order chi connectivity index (χ0) is 16.9. The minimum atomic E-state index is -0.244. The molecule has 1 atom stereocenters. The Labute approximate surface area is 140 Å². The van der Waals surface area contributed by atoms with Crippen LogP contribution < -0.4 is 5.32 Å². The standard InChI is InChI=1S/C18H22FN3O2/c1-13-11-16(21-24-13)17-3-2-10-22(17)12-18(23)20-9-8-14-4-6-15(19)7-5-14/h4-7,11,17H,2-3,8-10,12H2,1H3,(H,20,23)/t17-/m0/s1. The van der Waals surface area contributed by atoms with E-state index in [2.05, 4.69) is 15.4 Å². The quantitative estimate of drug-likeness (QED) is 0.884. The maximum absolute atomic E-state index is 12.9. The topological polar surface area (TPSA) is 58.4 Å². The van der Waals surface area contributed by atoms with Crippen LogP contribution in [0.2, 0.25) is 0 Å². The normalized spacial score (nSPS) is 18.0. The fraction of sp³-hybridized carbons (Fsp3) is 0.444. The van der Waals surface area contributed by atoms with Crippen molar-refractivity contribution >= 4 is 5.91 Å². The van der Waals surface area contributed by atoms with Crippen molar-refractivity contribution in [3.05, 3.63) is 53.2 Å². The van der Waals surface area contributed by atoms with Crippen molar-refractivity contribution < 1.29 is 13.7 Å². The average Bonchev–Trinajstić information content (AvgIpc) is 3.18. The van der Waals surface area contributed by atoms with Crippen LogP contribution in [0.4, 0.5) is 4.39 Å². The van der Waals surface area contributed by atoms with Gasteiger partial charge in [0.15, 0.2) is 0 Å². The molecule has 5 nitrogen and oxygen atoms in total. The Hall–Kier alpha value is -2.21. The number of nitrogens with one attached hydrogen (secondary N) is 1. The molecule has 0 radical (unpaired) electrons. The fourth-order valence-electron chi connectivity index (χ4n) is 3.13. The van der Waals surface area contributed by atoms with Gasteiger partial charge in [-0.15, -0.1) is 0 Å². The van der Waals surface area contributed by atoms with Crippen LogP contribution in [0, 0.1) is 12.7 Å². The monoisotopic (exact) mass is 331 g/mol. The molecule has 3 rings (SSSR count). The van der Waals surface area contributed by atoms with Gasteiger partial charge in [0.05, 0.1) is 12.6 Å². The van der Waals surface area contributed by atoms with Crippen molar-refractivity contribution in [1.29, 1.82) is 0 Å². The van der Waals surface area contributed by atoms with Crippen LogP contribution >= 0.6 is 0 Å². The number of benzene rings is 1. The Morgan fingerprint density at radius 2 is 2.21 bits per heavy atom. The third-order valence-corrected chi connectivity index (χ3v) is 4.35. The molecule has 1 aromatic heterocycles. The zero-order valence-electron chi connectivity index (χ0n) is 13.8. The van der Waals surface area contributed by atoms with E-state index >= 15 is 0 Å². The molecule has 0 spiro atoms. The highest BCUT2D eigenvalue weighted by Crippen LogP contribution is 2.30. The first-order chi connectivity index (χ1) is 11.6. The second-order valence-corrected chi connectivity index (χ2v) is 6.22. The average molecular weight is 331 g/mol. The van der Waals surface area contributed by atoms with Crippen molar-refractivity contribution in [2.24, 2.45) is 0 Å². The van der Waals surface area contributed by atoms with Gasteiger partial charge in [0.2, 0.25) is 5.91 Å². The van der Waals surface area contributed by atoms with E-state index in [1.165, 1.54) is 12.1 Å². The van der Waals surface area contributed by atoms with Crippen LogP contribution in [0.3, 0.4) is 0 Å². The maximum Gasteiger partial charge on any atom is 0.234 e. The molecule has 0 unspecified atom stereocenters. The highest BCUT2D eigenvalue weighted by Gasteiger charge is 2.29. The van der Waals surface area contributed by atoms with E-state index < -0.39 is 0 Å². The van der Waals surface area contributed by atoms with Gasteiger partial charge in [-0.2, -0.15) is 0 Å². The van der Waals surface area contributed by atoms with E-state index in [1.807, 2.05) is 13.0 Å². The summed E-state index contributed by atoms with van der Waals surface area (Å²) in [5, 5.41) is 7.02. The lowest BCUT2D eigenvalue weighted by Crippen LogP contribution is -2.37. The van der Waals surface area contributed by atoms with Gasteiger partial charge >= 0.3 is 0 Å². The number of amides is 1. The summed E-state index contributed by atoms with van der Waals surface area (Å²) >= 11 is 0. The summed E-state index contributed by atoms with van der Waals surface area (Å²) in [5.41, 5.74) is 1.91. The number of likely N-dealkylation sites (tertiary alicyclic amines) is 1. The Morgan fingerprint density at radius 3 is 2.92 bits per heavy atom. The lowest BCUT2D eigenvalue weighted by molar-refractivity contribution is -0.122. The number of halogens is 1. The van der Waals surface area contributed by atoms with Crippen molar-refractivity contribution in [2.45, 2.75) is 32.2 Å². The lowest BCUT2D eigenvalue weighted by atomic mass is 10.1. The molecule has 1 fully saturated rings. The molecule has 0 aliphatic carbocycles. The highest BCUT2D eigenvalue weighted by molar-refractivity contribution is 5.78. The molecule has 1 aromatic carbocycles. The molecule has 0 saturated carbocycles. The van der Waals surface area contributed by atoms with E-state index in [1.54, 1.807) is 12.1 Å². The smallest absolute Gasteiger partial charge is 0.234 e. The second kappa shape index (κ2) is 7.57. The minimum Gasteiger partial charge on any atom is -0.361 e. The number of carbonyl (C=O) groups excluding carboxylic acids is 1. The predicted octanol–water partition coefficient (Wildman–Crippen LogP) is 2.62. The third kappa shape index (κ3) is 4.20. The van der Waals surface area contributed by atoms with Gasteiger partial charge < -0.3 is 9.84 Å². The molecule has 6 heteroatoms. The van der Waals surface area contributed by atoms with E-state index in [0.29, 0.717) is 19.5 Å². The maximum atomic E-state index is 12.9. The number of hydrogen-bond donors (Lipinski definition) is 1. The fourth-order valence-corrected chi connectivity index (χ4v) is 3.13. The molecular formula is C18H22FN3O2. The van der Waals surface area contributed by atoms with Gasteiger partial charge in [-0.25, -0.2) is 4.39 Å². The summed E-state index contributed by atoms with van der Waals surface area (Å²) in [5.74, 6) is 0.552. The Morgan fingerprint density at radius 1 is 1.42 bits per heavy atom. The van der Waals surface area contributed by atoms with Crippen molar-refractivity contribution in [1.82, 2.24) is 15.4 Å². The summed E-state index contributed by atoms with van der Waals surface area (Å²) in [6.07, 6.45) is 2.74. The first kappa shape index (κ1) is 16.6. The molecule has 2 heterocycles. The van der Waals surface area contributed by atoms with Gasteiger partial charge in [0.1, 0.15) is 17.3 Å². The number of rotatable bonds is 6. The van der Waals surface area contributed by atoms with Crippen LogP contribution in [-0.2, 0) is 11.2 Å². The minimum absolute atomic E-state index is 0.00392. The van der Waals surface area contributed by atoms with Gasteiger partial charge in [0.25, 0.3) is 0 Å². The van der Waals surface area contributed by atoms with Gasteiger partial charge in [-0.05, 0) is 50.4 Å². The summed E-state index contributed by atoms with van der Waals surface area (Å²) < 4.78 is 18.0. The van der Waals surface area contributed by atoms with E-state index in [4.69, 9.17) is 4.52 Å². The molecule has 1 aliphatic rings. The van der Waals surface area contributed by atoms with Crippen LogP contribution in [-0.4, -0.2) is 35.6 Å². The molecule has 2 aromatic rings. The Balaban J connectivity index is 1.46. The molecule has 128 valence electrons. The summed E-state index contributed by atoms with van der Waals surface area (Å²) in [4.78, 5) is 14.3. The number of aromatic nitrogens is 1. The lowest BCUT2D eigenvalue weighted by Gasteiger charge is -2.21. The van der Waals surface area contributed by atoms with Crippen LogP contribution in [0.15, 0.2) is 34.9 Å². The summed E-state index contributed by atoms with van der Waals surface area (Å²) in [7, 11) is 0. The summed E-state index contributed by atoms with van der Waals surface area (Å²) in [6, 6.07) is 8.45. The van der Waals surface area contributed by atoms with Crippen molar-refractivity contribution in [2.75, 3.05) is 19.6 Å². The molecule has 1 N–H and O–H groups in total. The van der Waals surface area contributed by atoms with Gasteiger partial charge in [-0.3, -0.25) is 9.69 Å². The molecule has 24 heavy (non-hydrogen) atoms. The van der Waals surface area contributed by atoms with Crippen LogP contribution in [0.1, 0.15) is 35.9 Å². The molecular weight excluding hydrogens is 309 g/mol. The molecule has 1 amide bonds. The Bertz CT molecular complexity index is 684. The zero-order valence-corrected chi connectivity index (χ0v) is 13.8. The third-order valence-electron chi connectivity index (χ3n) is 4.35. The number of hydrogen-bond acceptors (Lipinski definition) is 4. The number of nitrogens with zero attached hydrogens (tertiary/aromatic N) is 2. The molecule has 0 bridgehead atoms. The predicted molar refractivity (Wildman–Crippen MR) is 87.9 cm³/mol.